The Labute approximate surface area is 197 Å². The summed E-state index contributed by atoms with van der Waals surface area (Å²) >= 11 is 1.28. The number of ether oxygens (including phenoxy) is 2. The van der Waals surface area contributed by atoms with E-state index in [1.807, 2.05) is 9.80 Å². The van der Waals surface area contributed by atoms with Crippen LogP contribution in [-0.2, 0) is 25.5 Å². The number of amides is 1. The molecule has 10 heteroatoms. The van der Waals surface area contributed by atoms with Crippen LogP contribution in [0.1, 0.15) is 37.6 Å². The normalized spacial score (nSPS) is 14.3. The summed E-state index contributed by atoms with van der Waals surface area (Å²) in [5.41, 5.74) is 0.936. The Morgan fingerprint density at radius 1 is 1.21 bits per heavy atom. The molecule has 0 bridgehead atoms. The van der Waals surface area contributed by atoms with Crippen molar-refractivity contribution in [1.29, 1.82) is 0 Å². The zero-order valence-electron chi connectivity index (χ0n) is 19.2. The summed E-state index contributed by atoms with van der Waals surface area (Å²) in [6.45, 7) is 4.93. The van der Waals surface area contributed by atoms with Gasteiger partial charge in [-0.15, -0.1) is 0 Å². The van der Waals surface area contributed by atoms with Crippen LogP contribution in [0.5, 0.6) is 0 Å². The van der Waals surface area contributed by atoms with E-state index in [1.165, 1.54) is 23.7 Å². The smallest absolute Gasteiger partial charge is 0.309 e. The number of aromatic nitrogens is 2. The second kappa shape index (κ2) is 12.6. The number of nitrogens with zero attached hydrogens (tertiary/aromatic N) is 4. The third kappa shape index (κ3) is 7.46. The zero-order chi connectivity index (χ0) is 23.6. The monoisotopic (exact) mass is 478 g/mol. The number of hydrogen-bond acceptors (Lipinski definition) is 8. The van der Waals surface area contributed by atoms with Crippen LogP contribution >= 0.6 is 11.5 Å². The number of esters is 1. The number of carbonyl (C=O) groups is 2. The van der Waals surface area contributed by atoms with Gasteiger partial charge in [-0.05, 0) is 37.5 Å². The summed E-state index contributed by atoms with van der Waals surface area (Å²) in [6.07, 6.45) is 2.14. The van der Waals surface area contributed by atoms with Gasteiger partial charge in [0.15, 0.2) is 0 Å². The Morgan fingerprint density at radius 2 is 1.94 bits per heavy atom. The van der Waals surface area contributed by atoms with Crippen LogP contribution in [0.15, 0.2) is 24.3 Å². The van der Waals surface area contributed by atoms with E-state index in [2.05, 4.69) is 9.36 Å². The minimum absolute atomic E-state index is 0.0655. The van der Waals surface area contributed by atoms with Crippen LogP contribution in [0.3, 0.4) is 0 Å². The molecule has 2 aromatic rings. The summed E-state index contributed by atoms with van der Waals surface area (Å²) in [6, 6.07) is 6.30. The number of likely N-dealkylation sites (tertiary alicyclic amines) is 1. The first-order valence-corrected chi connectivity index (χ1v) is 12.0. The predicted octanol–water partition coefficient (Wildman–Crippen LogP) is 2.91. The molecule has 1 fully saturated rings. The fraction of sp³-hybridized carbons (Fsp3) is 0.565. The van der Waals surface area contributed by atoms with Gasteiger partial charge in [0.25, 0.3) is 0 Å². The van der Waals surface area contributed by atoms with Gasteiger partial charge in [0.1, 0.15) is 11.6 Å². The van der Waals surface area contributed by atoms with Crippen molar-refractivity contribution >= 4 is 28.5 Å². The van der Waals surface area contributed by atoms with Crippen LogP contribution in [0.4, 0.5) is 9.52 Å². The number of rotatable bonds is 11. The highest BCUT2D eigenvalue weighted by atomic mass is 32.1. The van der Waals surface area contributed by atoms with Crippen LogP contribution in [0, 0.1) is 11.7 Å². The molecule has 1 aliphatic heterocycles. The average Bonchev–Trinajstić information content (AvgIpc) is 3.29. The zero-order valence-corrected chi connectivity index (χ0v) is 20.0. The van der Waals surface area contributed by atoms with Crippen LogP contribution < -0.4 is 4.90 Å². The van der Waals surface area contributed by atoms with Crippen LogP contribution in [0.2, 0.25) is 0 Å². The minimum Gasteiger partial charge on any atom is -0.466 e. The van der Waals surface area contributed by atoms with Crippen molar-refractivity contribution in [2.24, 2.45) is 5.92 Å². The van der Waals surface area contributed by atoms with E-state index in [1.54, 1.807) is 26.2 Å². The lowest BCUT2D eigenvalue weighted by atomic mass is 9.97. The fourth-order valence-corrected chi connectivity index (χ4v) is 4.48. The number of halogens is 1. The number of methoxy groups -OCH3 is 1. The second-order valence-corrected chi connectivity index (χ2v) is 8.66. The maximum absolute atomic E-state index is 13.1. The van der Waals surface area contributed by atoms with Crippen molar-refractivity contribution in [3.8, 4) is 0 Å². The van der Waals surface area contributed by atoms with E-state index < -0.39 is 0 Å². The largest absolute Gasteiger partial charge is 0.466 e. The molecule has 0 N–H and O–H groups in total. The van der Waals surface area contributed by atoms with Crippen molar-refractivity contribution in [1.82, 2.24) is 14.3 Å². The highest BCUT2D eigenvalue weighted by Crippen LogP contribution is 2.22. The molecule has 0 radical (unpaired) electrons. The first-order valence-electron chi connectivity index (χ1n) is 11.3. The van der Waals surface area contributed by atoms with E-state index in [9.17, 15) is 14.0 Å². The molecule has 1 aromatic heterocycles. The second-order valence-electron chi connectivity index (χ2n) is 7.93. The molecular formula is C23H31FN4O4S. The number of benzene rings is 1. The standard InChI is InChI=1S/C23H31FN4O4S/c1-3-32-22(30)18-8-11-27(12-9-18)21(29)10-13-28(14-15-31-2)23-25-20(26-33-23)16-17-4-6-19(24)7-5-17/h4-7,18H,3,8-16H2,1-2H3. The summed E-state index contributed by atoms with van der Waals surface area (Å²) in [4.78, 5) is 33.1. The van der Waals surface area contributed by atoms with Gasteiger partial charge >= 0.3 is 5.97 Å². The van der Waals surface area contributed by atoms with Gasteiger partial charge in [0.2, 0.25) is 11.0 Å². The molecule has 3 rings (SSSR count). The third-order valence-corrected chi connectivity index (χ3v) is 6.45. The lowest BCUT2D eigenvalue weighted by Crippen LogP contribution is -2.42. The molecule has 33 heavy (non-hydrogen) atoms. The highest BCUT2D eigenvalue weighted by molar-refractivity contribution is 7.09. The molecule has 0 spiro atoms. The first-order chi connectivity index (χ1) is 16.0. The Hall–Kier alpha value is -2.59. The van der Waals surface area contributed by atoms with Gasteiger partial charge in [-0.1, -0.05) is 12.1 Å². The van der Waals surface area contributed by atoms with E-state index >= 15 is 0 Å². The average molecular weight is 479 g/mol. The van der Waals surface area contributed by atoms with Gasteiger partial charge < -0.3 is 19.3 Å². The van der Waals surface area contributed by atoms with Gasteiger partial charge in [0.05, 0.1) is 19.1 Å². The molecule has 0 aliphatic carbocycles. The minimum atomic E-state index is -0.272. The lowest BCUT2D eigenvalue weighted by molar-refractivity contribution is -0.151. The third-order valence-electron chi connectivity index (χ3n) is 5.63. The van der Waals surface area contributed by atoms with Crippen molar-refractivity contribution in [2.75, 3.05) is 51.4 Å². The predicted molar refractivity (Wildman–Crippen MR) is 124 cm³/mol. The van der Waals surface area contributed by atoms with Crippen molar-refractivity contribution in [3.63, 3.8) is 0 Å². The van der Waals surface area contributed by atoms with Crippen molar-refractivity contribution < 1.29 is 23.5 Å². The summed E-state index contributed by atoms with van der Waals surface area (Å²) in [5, 5.41) is 0.734. The quantitative estimate of drug-likeness (QED) is 0.459. The maximum Gasteiger partial charge on any atom is 0.309 e. The van der Waals surface area contributed by atoms with Crippen LogP contribution in [-0.4, -0.2) is 72.6 Å². The summed E-state index contributed by atoms with van der Waals surface area (Å²) in [7, 11) is 1.64. The maximum atomic E-state index is 13.1. The van der Waals surface area contributed by atoms with Crippen molar-refractivity contribution in [2.45, 2.75) is 32.6 Å². The molecule has 8 nitrogen and oxygen atoms in total. The fourth-order valence-electron chi connectivity index (χ4n) is 3.75. The van der Waals surface area contributed by atoms with E-state index in [4.69, 9.17) is 9.47 Å². The Morgan fingerprint density at radius 3 is 2.61 bits per heavy atom. The van der Waals surface area contributed by atoms with Gasteiger partial charge in [0, 0.05) is 57.7 Å². The molecule has 0 unspecified atom stereocenters. The molecule has 0 atom stereocenters. The molecular weight excluding hydrogens is 447 g/mol. The lowest BCUT2D eigenvalue weighted by Gasteiger charge is -2.31. The van der Waals surface area contributed by atoms with Gasteiger partial charge in [-0.2, -0.15) is 4.37 Å². The molecule has 1 aliphatic rings. The number of carbonyl (C=O) groups excluding carboxylic acids is 2. The van der Waals surface area contributed by atoms with E-state index in [-0.39, 0.29) is 23.6 Å². The number of piperidine rings is 1. The van der Waals surface area contributed by atoms with Crippen LogP contribution in [0.25, 0.3) is 0 Å². The molecule has 2 heterocycles. The SMILES string of the molecule is CCOC(=O)C1CCN(C(=O)CCN(CCOC)c2nc(Cc3ccc(F)cc3)ns2)CC1. The Bertz CT molecular complexity index is 900. The van der Waals surface area contributed by atoms with Gasteiger partial charge in [-0.25, -0.2) is 9.37 Å². The number of hydrogen-bond donors (Lipinski definition) is 0. The summed E-state index contributed by atoms with van der Waals surface area (Å²) in [5.74, 6) is 0.176. The Kier molecular flexibility index (Phi) is 9.56. The molecule has 0 saturated carbocycles. The molecule has 180 valence electrons. The highest BCUT2D eigenvalue weighted by Gasteiger charge is 2.28. The molecule has 1 amide bonds. The van der Waals surface area contributed by atoms with E-state index in [0.29, 0.717) is 70.9 Å². The first kappa shape index (κ1) is 25.0. The van der Waals surface area contributed by atoms with Crippen molar-refractivity contribution in [3.05, 3.63) is 41.5 Å². The molecule has 1 saturated heterocycles. The Balaban J connectivity index is 1.53. The molecule has 1 aromatic carbocycles. The van der Waals surface area contributed by atoms with E-state index in [0.717, 1.165) is 10.7 Å². The number of anilines is 1. The summed E-state index contributed by atoms with van der Waals surface area (Å²) < 4.78 is 27.9. The van der Waals surface area contributed by atoms with Gasteiger partial charge in [-0.3, -0.25) is 9.59 Å². The topological polar surface area (TPSA) is 84.9 Å².